The van der Waals surface area contributed by atoms with Gasteiger partial charge in [-0.3, -0.25) is 4.99 Å². The molecule has 3 heteroatoms. The molecule has 1 N–H and O–H groups in total. The molecule has 0 saturated carbocycles. The first-order valence-corrected chi connectivity index (χ1v) is 5.73. The van der Waals surface area contributed by atoms with E-state index in [9.17, 15) is 0 Å². The molecule has 0 heterocycles. The van der Waals surface area contributed by atoms with Crippen molar-refractivity contribution in [3.63, 3.8) is 0 Å². The van der Waals surface area contributed by atoms with Crippen molar-refractivity contribution in [1.82, 2.24) is 0 Å². The van der Waals surface area contributed by atoms with Gasteiger partial charge < -0.3 is 5.11 Å². The minimum atomic E-state index is 0.0958. The van der Waals surface area contributed by atoms with Gasteiger partial charge in [-0.1, -0.05) is 13.8 Å². The van der Waals surface area contributed by atoms with Crippen molar-refractivity contribution in [2.45, 2.75) is 33.6 Å². The van der Waals surface area contributed by atoms with Crippen molar-refractivity contribution >= 4 is 28.8 Å². The summed E-state index contributed by atoms with van der Waals surface area (Å²) in [4.78, 5) is 4.32. The second-order valence-electron chi connectivity index (χ2n) is 3.08. The normalized spacial score (nSPS) is 14.0. The highest BCUT2D eigenvalue weighted by molar-refractivity contribution is 14.1. The van der Waals surface area contributed by atoms with E-state index in [1.807, 2.05) is 13.1 Å². The van der Waals surface area contributed by atoms with Crippen molar-refractivity contribution in [2.75, 3.05) is 6.61 Å². The predicted octanol–water partition coefficient (Wildman–Crippen LogP) is 3.15. The van der Waals surface area contributed by atoms with E-state index < -0.39 is 0 Å². The molecule has 2 nitrogen and oxygen atoms in total. The fourth-order valence-corrected chi connectivity index (χ4v) is 1.18. The van der Waals surface area contributed by atoms with Crippen LogP contribution >= 0.6 is 22.6 Å². The summed E-state index contributed by atoms with van der Waals surface area (Å²) >= 11 is 2.16. The topological polar surface area (TPSA) is 32.6 Å². The molecule has 0 unspecified atom stereocenters. The smallest absolute Gasteiger partial charge is 0.102 e. The lowest BCUT2D eigenvalue weighted by atomic mass is 10.1. The van der Waals surface area contributed by atoms with Crippen LogP contribution in [0.5, 0.6) is 0 Å². The lowest BCUT2D eigenvalue weighted by Gasteiger charge is -2.04. The quantitative estimate of drug-likeness (QED) is 0.472. The Labute approximate surface area is 94.3 Å². The van der Waals surface area contributed by atoms with E-state index in [2.05, 4.69) is 41.4 Å². The first-order chi connectivity index (χ1) is 6.15. The molecule has 0 atom stereocenters. The summed E-state index contributed by atoms with van der Waals surface area (Å²) in [6, 6.07) is 0. The predicted molar refractivity (Wildman–Crippen MR) is 66.4 cm³/mol. The number of halogens is 1. The fourth-order valence-electron chi connectivity index (χ4n) is 0.846. The Hall–Kier alpha value is 0.1000. The minimum Gasteiger partial charge on any atom is -0.392 e. The van der Waals surface area contributed by atoms with Crippen LogP contribution in [0.3, 0.4) is 0 Å². The van der Waals surface area contributed by atoms with Gasteiger partial charge in [-0.25, -0.2) is 0 Å². The summed E-state index contributed by atoms with van der Waals surface area (Å²) in [6.45, 7) is 6.32. The van der Waals surface area contributed by atoms with Gasteiger partial charge in [0, 0.05) is 6.21 Å². The molecule has 0 aliphatic rings. The van der Waals surface area contributed by atoms with Crippen LogP contribution in [-0.4, -0.2) is 17.9 Å². The lowest BCUT2D eigenvalue weighted by molar-refractivity contribution is 0.331. The number of nitrogens with zero attached hydrogens (tertiary/aromatic N) is 1. The maximum absolute atomic E-state index is 8.85. The van der Waals surface area contributed by atoms with Gasteiger partial charge in [0.05, 0.1) is 6.61 Å². The third-order valence-electron chi connectivity index (χ3n) is 2.04. The van der Waals surface area contributed by atoms with Crippen molar-refractivity contribution in [3.05, 3.63) is 9.28 Å². The Balaban J connectivity index is 4.25. The Morgan fingerprint density at radius 2 is 2.00 bits per heavy atom. The van der Waals surface area contributed by atoms with Crippen molar-refractivity contribution in [1.29, 1.82) is 0 Å². The number of hydrogen-bond acceptors (Lipinski definition) is 2. The minimum absolute atomic E-state index is 0.0958. The van der Waals surface area contributed by atoms with E-state index in [0.29, 0.717) is 5.92 Å². The zero-order valence-electron chi connectivity index (χ0n) is 8.55. The summed E-state index contributed by atoms with van der Waals surface area (Å²) < 4.78 is 0.909. The molecule has 0 aromatic rings. The molecule has 0 spiro atoms. The molecule has 0 aromatic carbocycles. The van der Waals surface area contributed by atoms with Gasteiger partial charge in [-0.15, -0.1) is 0 Å². The van der Waals surface area contributed by atoms with Crippen LogP contribution in [0.2, 0.25) is 0 Å². The Morgan fingerprint density at radius 1 is 1.46 bits per heavy atom. The highest BCUT2D eigenvalue weighted by Crippen LogP contribution is 2.14. The molecule has 0 fully saturated rings. The van der Waals surface area contributed by atoms with Gasteiger partial charge >= 0.3 is 0 Å². The Bertz CT molecular complexity index is 195. The summed E-state index contributed by atoms with van der Waals surface area (Å²) in [5.41, 5.74) is 0.933. The number of rotatable bonds is 5. The second-order valence-corrected chi connectivity index (χ2v) is 4.11. The van der Waals surface area contributed by atoms with Gasteiger partial charge in [0.15, 0.2) is 0 Å². The molecule has 0 aliphatic heterocycles. The van der Waals surface area contributed by atoms with Crippen LogP contribution < -0.4 is 0 Å². The average Bonchev–Trinajstić information content (AvgIpc) is 2.17. The number of aliphatic imine (C=N–C) groups is 1. The van der Waals surface area contributed by atoms with Crippen molar-refractivity contribution < 1.29 is 5.11 Å². The average molecular weight is 295 g/mol. The van der Waals surface area contributed by atoms with Gasteiger partial charge in [0.25, 0.3) is 0 Å². The first kappa shape index (κ1) is 13.1. The lowest BCUT2D eigenvalue weighted by Crippen LogP contribution is -1.97. The van der Waals surface area contributed by atoms with Crippen LogP contribution in [0, 0.1) is 5.92 Å². The number of hydrogen-bond donors (Lipinski definition) is 1. The number of aliphatic hydroxyl groups is 1. The molecule has 0 amide bonds. The van der Waals surface area contributed by atoms with Crippen molar-refractivity contribution in [2.24, 2.45) is 10.9 Å². The van der Waals surface area contributed by atoms with E-state index >= 15 is 0 Å². The Morgan fingerprint density at radius 3 is 2.38 bits per heavy atom. The summed E-state index contributed by atoms with van der Waals surface area (Å²) in [7, 11) is 0. The molecule has 76 valence electrons. The second kappa shape index (κ2) is 7.50. The molecule has 0 aliphatic carbocycles. The molecule has 0 saturated heterocycles. The van der Waals surface area contributed by atoms with Crippen LogP contribution in [0.4, 0.5) is 0 Å². The summed E-state index contributed by atoms with van der Waals surface area (Å²) in [5.74, 6) is 0.566. The SMILES string of the molecule is CCC(C=N/C(I)=C(\C)CO)CC. The standard InChI is InChI=1S/C10H18INO/c1-4-9(5-2)6-12-10(11)8(3)7-13/h6,9,13H,4-5,7H2,1-3H3/b10-8+,12-6?. The van der Waals surface area contributed by atoms with Crippen molar-refractivity contribution in [3.8, 4) is 0 Å². The molecule has 13 heavy (non-hydrogen) atoms. The highest BCUT2D eigenvalue weighted by Gasteiger charge is 1.99. The van der Waals surface area contributed by atoms with Crippen LogP contribution in [0.1, 0.15) is 33.6 Å². The molecule has 0 aromatic heterocycles. The third-order valence-corrected chi connectivity index (χ3v) is 3.24. The highest BCUT2D eigenvalue weighted by atomic mass is 127. The maximum atomic E-state index is 8.85. The van der Waals surface area contributed by atoms with E-state index in [1.165, 1.54) is 0 Å². The largest absolute Gasteiger partial charge is 0.392 e. The summed E-state index contributed by atoms with van der Waals surface area (Å²) in [6.07, 6.45) is 4.24. The molecule has 0 bridgehead atoms. The van der Waals surface area contributed by atoms with Crippen LogP contribution in [-0.2, 0) is 0 Å². The van der Waals surface area contributed by atoms with E-state index in [0.717, 1.165) is 22.1 Å². The maximum Gasteiger partial charge on any atom is 0.102 e. The van der Waals surface area contributed by atoms with E-state index in [4.69, 9.17) is 5.11 Å². The van der Waals surface area contributed by atoms with Crippen LogP contribution in [0.15, 0.2) is 14.3 Å². The van der Waals surface area contributed by atoms with Gasteiger partial charge in [0.1, 0.15) is 3.70 Å². The van der Waals surface area contributed by atoms with Gasteiger partial charge in [-0.05, 0) is 53.8 Å². The van der Waals surface area contributed by atoms with Gasteiger partial charge in [0.2, 0.25) is 0 Å². The Kier molecular flexibility index (Phi) is 7.56. The fraction of sp³-hybridized carbons (Fsp3) is 0.700. The first-order valence-electron chi connectivity index (χ1n) is 4.65. The molecular weight excluding hydrogens is 277 g/mol. The zero-order valence-corrected chi connectivity index (χ0v) is 10.7. The zero-order chi connectivity index (χ0) is 10.3. The molecular formula is C10H18INO. The number of aliphatic hydroxyl groups excluding tert-OH is 1. The van der Waals surface area contributed by atoms with E-state index in [1.54, 1.807) is 0 Å². The van der Waals surface area contributed by atoms with E-state index in [-0.39, 0.29) is 6.61 Å². The van der Waals surface area contributed by atoms with Gasteiger partial charge in [-0.2, -0.15) is 0 Å². The summed E-state index contributed by atoms with van der Waals surface area (Å²) in [5, 5.41) is 8.85. The van der Waals surface area contributed by atoms with Crippen LogP contribution in [0.25, 0.3) is 0 Å². The molecule has 0 radical (unpaired) electrons. The monoisotopic (exact) mass is 295 g/mol. The third kappa shape index (κ3) is 5.41. The molecule has 0 rings (SSSR count).